The van der Waals surface area contributed by atoms with Gasteiger partial charge < -0.3 is 15.3 Å². The maximum absolute atomic E-state index is 11.3. The van der Waals surface area contributed by atoms with Crippen LogP contribution in [0.3, 0.4) is 0 Å². The molecule has 0 aliphatic carbocycles. The molecule has 0 saturated carbocycles. The minimum absolute atomic E-state index is 0.707. The number of rotatable bonds is 8. The lowest BCUT2D eigenvalue weighted by atomic mass is 9.95. The van der Waals surface area contributed by atoms with Crippen molar-refractivity contribution in [3.05, 3.63) is 0 Å². The van der Waals surface area contributed by atoms with Gasteiger partial charge in [0.25, 0.3) is 0 Å². The molecule has 4 nitrogen and oxygen atoms in total. The molecule has 0 aromatic carbocycles. The first kappa shape index (κ1) is 15.4. The van der Waals surface area contributed by atoms with Crippen molar-refractivity contribution in [3.63, 3.8) is 0 Å². The lowest BCUT2D eigenvalue weighted by Crippen LogP contribution is -2.50. The fourth-order valence-corrected chi connectivity index (χ4v) is 2.51. The van der Waals surface area contributed by atoms with Crippen LogP contribution in [0, 0.1) is 0 Å². The first-order valence-corrected chi connectivity index (χ1v) is 7.29. The highest BCUT2D eigenvalue weighted by Crippen LogP contribution is 2.15. The predicted molar refractivity (Wildman–Crippen MR) is 73.9 cm³/mol. The highest BCUT2D eigenvalue weighted by molar-refractivity contribution is 5.78. The lowest BCUT2D eigenvalue weighted by molar-refractivity contribution is -0.144. The number of hydrogen-bond acceptors (Lipinski definition) is 3. The highest BCUT2D eigenvalue weighted by Gasteiger charge is 2.31. The summed E-state index contributed by atoms with van der Waals surface area (Å²) in [6.45, 7) is 8.05. The van der Waals surface area contributed by atoms with E-state index in [-0.39, 0.29) is 0 Å². The van der Waals surface area contributed by atoms with E-state index in [0.717, 1.165) is 25.9 Å². The second kappa shape index (κ2) is 7.74. The third-order valence-electron chi connectivity index (χ3n) is 3.84. The summed E-state index contributed by atoms with van der Waals surface area (Å²) in [6.07, 6.45) is 6.57. The van der Waals surface area contributed by atoms with Gasteiger partial charge in [0, 0.05) is 0 Å². The van der Waals surface area contributed by atoms with Crippen molar-refractivity contribution in [2.75, 3.05) is 26.2 Å². The molecule has 0 bridgehead atoms. The second-order valence-corrected chi connectivity index (χ2v) is 5.57. The zero-order valence-corrected chi connectivity index (χ0v) is 11.9. The average Bonchev–Trinajstić information content (AvgIpc) is 2.37. The minimum Gasteiger partial charge on any atom is -0.480 e. The second-order valence-electron chi connectivity index (χ2n) is 5.57. The molecule has 1 heterocycles. The molecule has 1 rings (SSSR count). The van der Waals surface area contributed by atoms with Gasteiger partial charge in [-0.25, -0.2) is 0 Å². The normalized spacial score (nSPS) is 20.6. The largest absolute Gasteiger partial charge is 0.480 e. The van der Waals surface area contributed by atoms with E-state index in [0.29, 0.717) is 6.42 Å². The molecule has 0 aromatic rings. The first-order chi connectivity index (χ1) is 8.58. The summed E-state index contributed by atoms with van der Waals surface area (Å²) in [7, 11) is 0. The third-order valence-corrected chi connectivity index (χ3v) is 3.84. The zero-order valence-electron chi connectivity index (χ0n) is 11.9. The van der Waals surface area contributed by atoms with Crippen molar-refractivity contribution in [1.29, 1.82) is 0 Å². The molecule has 0 radical (unpaired) electrons. The summed E-state index contributed by atoms with van der Waals surface area (Å²) >= 11 is 0. The predicted octanol–water partition coefficient (Wildman–Crippen LogP) is 2.10. The van der Waals surface area contributed by atoms with E-state index < -0.39 is 11.5 Å². The van der Waals surface area contributed by atoms with Crippen molar-refractivity contribution >= 4 is 5.97 Å². The van der Waals surface area contributed by atoms with Crippen molar-refractivity contribution < 1.29 is 9.90 Å². The van der Waals surface area contributed by atoms with E-state index in [1.807, 2.05) is 0 Å². The van der Waals surface area contributed by atoms with E-state index in [4.69, 9.17) is 0 Å². The van der Waals surface area contributed by atoms with E-state index in [1.54, 1.807) is 6.92 Å². The summed E-state index contributed by atoms with van der Waals surface area (Å²) in [5.74, 6) is -0.727. The van der Waals surface area contributed by atoms with E-state index in [9.17, 15) is 9.90 Å². The van der Waals surface area contributed by atoms with Crippen LogP contribution in [-0.4, -0.2) is 47.7 Å². The Morgan fingerprint density at radius 3 is 2.56 bits per heavy atom. The summed E-state index contributed by atoms with van der Waals surface area (Å²) < 4.78 is 0. The molecule has 106 valence electrons. The molecule has 18 heavy (non-hydrogen) atoms. The van der Waals surface area contributed by atoms with Crippen LogP contribution in [0.2, 0.25) is 0 Å². The van der Waals surface area contributed by atoms with Gasteiger partial charge in [-0.15, -0.1) is 0 Å². The fourth-order valence-electron chi connectivity index (χ4n) is 2.51. The van der Waals surface area contributed by atoms with Crippen LogP contribution in [-0.2, 0) is 4.79 Å². The molecule has 0 aromatic heterocycles. The van der Waals surface area contributed by atoms with Crippen LogP contribution in [0.5, 0.6) is 0 Å². The standard InChI is InChI=1S/C14H28N2O2/c1-3-9-15-14(2,13(17)18)8-7-12-16-10-5-4-6-11-16/h15H,3-12H2,1-2H3,(H,17,18). The molecular weight excluding hydrogens is 228 g/mol. The van der Waals surface area contributed by atoms with Crippen molar-refractivity contribution in [2.24, 2.45) is 0 Å². The SMILES string of the molecule is CCCNC(C)(CCCN1CCCCC1)C(=O)O. The monoisotopic (exact) mass is 256 g/mol. The van der Waals surface area contributed by atoms with E-state index in [1.165, 1.54) is 32.4 Å². The number of nitrogens with zero attached hydrogens (tertiary/aromatic N) is 1. The van der Waals surface area contributed by atoms with Crippen LogP contribution < -0.4 is 5.32 Å². The lowest BCUT2D eigenvalue weighted by Gasteiger charge is -2.30. The number of hydrogen-bond donors (Lipinski definition) is 2. The number of carboxylic acids is 1. The molecule has 1 fully saturated rings. The Bertz CT molecular complexity index is 252. The quantitative estimate of drug-likeness (QED) is 0.698. The Balaban J connectivity index is 2.30. The summed E-state index contributed by atoms with van der Waals surface area (Å²) in [4.78, 5) is 13.8. The van der Waals surface area contributed by atoms with E-state index in [2.05, 4.69) is 17.1 Å². The molecule has 0 spiro atoms. The van der Waals surface area contributed by atoms with Gasteiger partial charge in [0.05, 0.1) is 0 Å². The summed E-state index contributed by atoms with van der Waals surface area (Å²) in [6, 6.07) is 0. The van der Waals surface area contributed by atoms with Gasteiger partial charge in [-0.1, -0.05) is 13.3 Å². The number of piperidine rings is 1. The maximum Gasteiger partial charge on any atom is 0.323 e. The van der Waals surface area contributed by atoms with Gasteiger partial charge in [0.15, 0.2) is 0 Å². The number of likely N-dealkylation sites (tertiary alicyclic amines) is 1. The summed E-state index contributed by atoms with van der Waals surface area (Å²) in [5.41, 5.74) is -0.758. The molecule has 2 N–H and O–H groups in total. The Hall–Kier alpha value is -0.610. The van der Waals surface area contributed by atoms with Crippen LogP contribution in [0.25, 0.3) is 0 Å². The number of carboxylic acid groups (broad SMARTS) is 1. The smallest absolute Gasteiger partial charge is 0.323 e. The highest BCUT2D eigenvalue weighted by atomic mass is 16.4. The molecule has 1 aliphatic heterocycles. The van der Waals surface area contributed by atoms with Crippen LogP contribution in [0.15, 0.2) is 0 Å². The number of carbonyl (C=O) groups is 1. The van der Waals surface area contributed by atoms with Crippen molar-refractivity contribution in [3.8, 4) is 0 Å². The topological polar surface area (TPSA) is 52.6 Å². The number of aliphatic carboxylic acids is 1. The first-order valence-electron chi connectivity index (χ1n) is 7.29. The summed E-state index contributed by atoms with van der Waals surface area (Å²) in [5, 5.41) is 12.5. The molecular formula is C14H28N2O2. The zero-order chi connectivity index (χ0) is 13.4. The maximum atomic E-state index is 11.3. The Labute approximate surface area is 111 Å². The van der Waals surface area contributed by atoms with E-state index >= 15 is 0 Å². The third kappa shape index (κ3) is 4.94. The Morgan fingerprint density at radius 2 is 2.00 bits per heavy atom. The van der Waals surface area contributed by atoms with Gasteiger partial charge in [0.2, 0.25) is 0 Å². The van der Waals surface area contributed by atoms with Crippen molar-refractivity contribution in [2.45, 2.75) is 57.9 Å². The Morgan fingerprint density at radius 1 is 1.33 bits per heavy atom. The van der Waals surface area contributed by atoms with Gasteiger partial charge in [-0.05, 0) is 65.2 Å². The van der Waals surface area contributed by atoms with Gasteiger partial charge in [0.1, 0.15) is 5.54 Å². The molecule has 1 saturated heterocycles. The van der Waals surface area contributed by atoms with Crippen LogP contribution in [0.4, 0.5) is 0 Å². The molecule has 1 atom stereocenters. The van der Waals surface area contributed by atoms with Gasteiger partial charge in [-0.3, -0.25) is 4.79 Å². The molecule has 1 aliphatic rings. The van der Waals surface area contributed by atoms with Gasteiger partial charge in [-0.2, -0.15) is 0 Å². The number of nitrogens with one attached hydrogen (secondary N) is 1. The molecule has 0 amide bonds. The van der Waals surface area contributed by atoms with Crippen LogP contribution >= 0.6 is 0 Å². The van der Waals surface area contributed by atoms with Crippen LogP contribution in [0.1, 0.15) is 52.4 Å². The van der Waals surface area contributed by atoms with Crippen molar-refractivity contribution in [1.82, 2.24) is 10.2 Å². The average molecular weight is 256 g/mol. The fraction of sp³-hybridized carbons (Fsp3) is 0.929. The minimum atomic E-state index is -0.758. The molecule has 1 unspecified atom stereocenters. The van der Waals surface area contributed by atoms with Gasteiger partial charge >= 0.3 is 5.97 Å². The molecule has 4 heteroatoms. The Kier molecular flexibility index (Phi) is 6.65.